The Morgan fingerprint density at radius 1 is 1.41 bits per heavy atom. The molecule has 6 heteroatoms. The Bertz CT molecular complexity index is 423. The summed E-state index contributed by atoms with van der Waals surface area (Å²) < 4.78 is 0. The number of nitro groups is 1. The topological polar surface area (TPSA) is 59.3 Å². The van der Waals surface area contributed by atoms with Crippen LogP contribution in [0.15, 0.2) is 12.1 Å². The molecule has 1 aromatic heterocycles. The fraction of sp³-hybridized carbons (Fsp3) is 0.545. The van der Waals surface area contributed by atoms with Crippen LogP contribution in [0.1, 0.15) is 20.8 Å². The van der Waals surface area contributed by atoms with Crippen LogP contribution < -0.4 is 4.90 Å². The van der Waals surface area contributed by atoms with Crippen LogP contribution in [0.25, 0.3) is 0 Å². The van der Waals surface area contributed by atoms with Gasteiger partial charge in [-0.05, 0) is 18.9 Å². The number of hydrogen-bond acceptors (Lipinski definition) is 4. The second-order valence-electron chi connectivity index (χ2n) is 4.33. The van der Waals surface area contributed by atoms with Crippen molar-refractivity contribution in [3.8, 4) is 0 Å². The third-order valence-corrected chi connectivity index (χ3v) is 3.14. The molecule has 1 unspecified atom stereocenters. The number of halogens is 1. The molecule has 94 valence electrons. The largest absolute Gasteiger partial charge is 0.351 e. The Balaban J connectivity index is 3.19. The van der Waals surface area contributed by atoms with Gasteiger partial charge >= 0.3 is 5.69 Å². The van der Waals surface area contributed by atoms with Crippen LogP contribution in [0.2, 0.25) is 5.15 Å². The minimum Gasteiger partial charge on any atom is -0.351 e. The Morgan fingerprint density at radius 3 is 2.47 bits per heavy atom. The highest BCUT2D eigenvalue weighted by atomic mass is 35.5. The van der Waals surface area contributed by atoms with Gasteiger partial charge < -0.3 is 4.90 Å². The molecule has 0 amide bonds. The van der Waals surface area contributed by atoms with Crippen LogP contribution in [0.5, 0.6) is 0 Å². The first-order chi connectivity index (χ1) is 7.84. The van der Waals surface area contributed by atoms with Crippen molar-refractivity contribution in [2.45, 2.75) is 26.8 Å². The summed E-state index contributed by atoms with van der Waals surface area (Å²) in [5, 5.41) is 11.2. The van der Waals surface area contributed by atoms with Gasteiger partial charge in [-0.1, -0.05) is 25.4 Å². The molecular formula is C11H16ClN3O2. The van der Waals surface area contributed by atoms with E-state index in [1.807, 2.05) is 6.92 Å². The number of pyridine rings is 1. The summed E-state index contributed by atoms with van der Waals surface area (Å²) in [5.74, 6) is 0.670. The van der Waals surface area contributed by atoms with Crippen molar-refractivity contribution in [2.24, 2.45) is 5.92 Å². The van der Waals surface area contributed by atoms with Crippen LogP contribution >= 0.6 is 11.6 Å². The molecule has 0 saturated carbocycles. The van der Waals surface area contributed by atoms with Gasteiger partial charge in [0.2, 0.25) is 5.82 Å². The lowest BCUT2D eigenvalue weighted by Crippen LogP contribution is -2.34. The van der Waals surface area contributed by atoms with Crippen molar-refractivity contribution < 1.29 is 4.92 Å². The van der Waals surface area contributed by atoms with Crippen molar-refractivity contribution in [3.63, 3.8) is 0 Å². The summed E-state index contributed by atoms with van der Waals surface area (Å²) in [5.41, 5.74) is -0.0237. The molecule has 1 heterocycles. The van der Waals surface area contributed by atoms with E-state index in [0.29, 0.717) is 11.7 Å². The minimum atomic E-state index is -0.442. The summed E-state index contributed by atoms with van der Waals surface area (Å²) in [7, 11) is 1.79. The lowest BCUT2D eigenvalue weighted by Gasteiger charge is -2.28. The lowest BCUT2D eigenvalue weighted by molar-refractivity contribution is -0.384. The molecular weight excluding hydrogens is 242 g/mol. The first kappa shape index (κ1) is 13.7. The predicted octanol–water partition coefficient (Wildman–Crippen LogP) is 3.12. The van der Waals surface area contributed by atoms with Gasteiger partial charge in [-0.25, -0.2) is 4.98 Å². The van der Waals surface area contributed by atoms with E-state index in [9.17, 15) is 10.1 Å². The highest BCUT2D eigenvalue weighted by molar-refractivity contribution is 6.29. The zero-order valence-corrected chi connectivity index (χ0v) is 11.1. The maximum Gasteiger partial charge on any atom is 0.311 e. The molecule has 0 radical (unpaired) electrons. The Morgan fingerprint density at radius 2 is 2.00 bits per heavy atom. The van der Waals surface area contributed by atoms with Crippen LogP contribution in [0, 0.1) is 16.0 Å². The van der Waals surface area contributed by atoms with Crippen molar-refractivity contribution >= 4 is 23.1 Å². The number of nitrogens with zero attached hydrogens (tertiary/aromatic N) is 3. The van der Waals surface area contributed by atoms with Crippen molar-refractivity contribution in [1.29, 1.82) is 0 Å². The SMILES string of the molecule is CC(C)C(C)N(C)c1nc(Cl)ccc1[N+](=O)[O-]. The van der Waals surface area contributed by atoms with E-state index in [-0.39, 0.29) is 16.9 Å². The predicted molar refractivity (Wildman–Crippen MR) is 68.6 cm³/mol. The third kappa shape index (κ3) is 3.06. The zero-order valence-electron chi connectivity index (χ0n) is 10.3. The molecule has 5 nitrogen and oxygen atoms in total. The molecule has 0 aliphatic carbocycles. The van der Waals surface area contributed by atoms with E-state index in [1.165, 1.54) is 12.1 Å². The molecule has 17 heavy (non-hydrogen) atoms. The van der Waals surface area contributed by atoms with E-state index in [0.717, 1.165) is 0 Å². The van der Waals surface area contributed by atoms with Crippen LogP contribution in [0.3, 0.4) is 0 Å². The average molecular weight is 258 g/mol. The van der Waals surface area contributed by atoms with E-state index in [4.69, 9.17) is 11.6 Å². The summed E-state index contributed by atoms with van der Waals surface area (Å²) >= 11 is 5.79. The number of anilines is 1. The second kappa shape index (κ2) is 5.31. The molecule has 1 aromatic rings. The first-order valence-corrected chi connectivity index (χ1v) is 5.76. The Kier molecular flexibility index (Phi) is 4.28. The molecule has 1 atom stereocenters. The average Bonchev–Trinajstić information content (AvgIpc) is 2.26. The number of hydrogen-bond donors (Lipinski definition) is 0. The molecule has 0 bridgehead atoms. The number of rotatable bonds is 4. The lowest BCUT2D eigenvalue weighted by atomic mass is 10.1. The van der Waals surface area contributed by atoms with Gasteiger partial charge in [0.25, 0.3) is 0 Å². The summed E-state index contributed by atoms with van der Waals surface area (Å²) in [4.78, 5) is 16.3. The minimum absolute atomic E-state index is 0.0237. The fourth-order valence-corrected chi connectivity index (χ4v) is 1.60. The molecule has 0 N–H and O–H groups in total. The fourth-order valence-electron chi connectivity index (χ4n) is 1.46. The molecule has 0 aliphatic heterocycles. The molecule has 0 fully saturated rings. The second-order valence-corrected chi connectivity index (χ2v) is 4.72. The molecule has 0 aromatic carbocycles. The smallest absolute Gasteiger partial charge is 0.311 e. The van der Waals surface area contributed by atoms with Gasteiger partial charge in [0, 0.05) is 19.2 Å². The highest BCUT2D eigenvalue weighted by Gasteiger charge is 2.23. The Hall–Kier alpha value is -1.36. The van der Waals surface area contributed by atoms with E-state index in [2.05, 4.69) is 18.8 Å². The van der Waals surface area contributed by atoms with Crippen LogP contribution in [-0.2, 0) is 0 Å². The maximum absolute atomic E-state index is 10.9. The van der Waals surface area contributed by atoms with Gasteiger partial charge in [-0.2, -0.15) is 0 Å². The highest BCUT2D eigenvalue weighted by Crippen LogP contribution is 2.29. The van der Waals surface area contributed by atoms with Crippen LogP contribution in [-0.4, -0.2) is 23.0 Å². The van der Waals surface area contributed by atoms with E-state index < -0.39 is 4.92 Å². The molecule has 0 saturated heterocycles. The van der Waals surface area contributed by atoms with Crippen molar-refractivity contribution in [2.75, 3.05) is 11.9 Å². The zero-order chi connectivity index (χ0) is 13.2. The van der Waals surface area contributed by atoms with Gasteiger partial charge in [0.1, 0.15) is 5.15 Å². The third-order valence-electron chi connectivity index (χ3n) is 2.93. The maximum atomic E-state index is 10.9. The van der Waals surface area contributed by atoms with Crippen molar-refractivity contribution in [3.05, 3.63) is 27.4 Å². The van der Waals surface area contributed by atoms with Gasteiger partial charge in [-0.3, -0.25) is 10.1 Å². The molecule has 0 aliphatic rings. The molecule has 1 rings (SSSR count). The van der Waals surface area contributed by atoms with E-state index in [1.54, 1.807) is 11.9 Å². The normalized spacial score (nSPS) is 12.6. The van der Waals surface area contributed by atoms with Gasteiger partial charge in [0.15, 0.2) is 0 Å². The standard InChI is InChI=1S/C11H16ClN3O2/c1-7(2)8(3)14(4)11-9(15(16)17)5-6-10(12)13-11/h5-8H,1-4H3. The van der Waals surface area contributed by atoms with Crippen LogP contribution in [0.4, 0.5) is 11.5 Å². The summed E-state index contributed by atoms with van der Waals surface area (Å²) in [6.07, 6.45) is 0. The Labute approximate surface area is 106 Å². The quantitative estimate of drug-likeness (QED) is 0.472. The van der Waals surface area contributed by atoms with Crippen molar-refractivity contribution in [1.82, 2.24) is 4.98 Å². The van der Waals surface area contributed by atoms with Gasteiger partial charge in [-0.15, -0.1) is 0 Å². The summed E-state index contributed by atoms with van der Waals surface area (Å²) in [6.45, 7) is 6.10. The van der Waals surface area contributed by atoms with E-state index >= 15 is 0 Å². The van der Waals surface area contributed by atoms with Gasteiger partial charge in [0.05, 0.1) is 4.92 Å². The first-order valence-electron chi connectivity index (χ1n) is 5.38. The number of aromatic nitrogens is 1. The summed E-state index contributed by atoms with van der Waals surface area (Å²) in [6, 6.07) is 2.95. The molecule has 0 spiro atoms. The monoisotopic (exact) mass is 257 g/mol.